The lowest BCUT2D eigenvalue weighted by atomic mass is 10.1. The zero-order chi connectivity index (χ0) is 9.90. The number of benzene rings is 1. The Morgan fingerprint density at radius 1 is 1.29 bits per heavy atom. The van der Waals surface area contributed by atoms with Gasteiger partial charge in [-0.1, -0.05) is 36.9 Å². The van der Waals surface area contributed by atoms with E-state index in [1.165, 1.54) is 0 Å². The first-order valence-corrected chi connectivity index (χ1v) is 6.60. The average molecular weight is 231 g/mol. The van der Waals surface area contributed by atoms with Crippen LogP contribution in [0.2, 0.25) is 0 Å². The molecule has 1 atom stereocenters. The van der Waals surface area contributed by atoms with Crippen molar-refractivity contribution in [3.63, 3.8) is 0 Å². The fourth-order valence-corrected chi connectivity index (χ4v) is 2.61. The maximum Gasteiger partial charge on any atom is 0.164 e. The van der Waals surface area contributed by atoms with Crippen molar-refractivity contribution in [2.75, 3.05) is 12.5 Å². The van der Waals surface area contributed by atoms with Gasteiger partial charge in [0, 0.05) is 5.56 Å². The van der Waals surface area contributed by atoms with Gasteiger partial charge < -0.3 is 12.4 Å². The van der Waals surface area contributed by atoms with Crippen LogP contribution < -0.4 is 12.4 Å². The van der Waals surface area contributed by atoms with E-state index in [0.29, 0.717) is 0 Å². The zero-order valence-electron chi connectivity index (χ0n) is 8.44. The molecule has 0 radical (unpaired) electrons. The molecule has 3 heteroatoms. The van der Waals surface area contributed by atoms with Crippen molar-refractivity contribution in [2.24, 2.45) is 0 Å². The minimum absolute atomic E-state index is 0. The summed E-state index contributed by atoms with van der Waals surface area (Å²) in [4.78, 5) is 0. The van der Waals surface area contributed by atoms with E-state index >= 15 is 0 Å². The maximum absolute atomic E-state index is 11.8. The van der Waals surface area contributed by atoms with Gasteiger partial charge in [0.1, 0.15) is 12.5 Å². The normalized spacial score (nSPS) is 12.7. The molecule has 1 nitrogen and oxygen atoms in total. The molecule has 1 rings (SSSR count). The summed E-state index contributed by atoms with van der Waals surface area (Å²) in [7, 11) is -1.84. The molecule has 0 amide bonds. The molecule has 78 valence electrons. The van der Waals surface area contributed by atoms with Crippen LogP contribution in [0.1, 0.15) is 10.8 Å². The lowest BCUT2D eigenvalue weighted by molar-refractivity contribution is -0.00000421. The first-order chi connectivity index (χ1) is 6.05. The molecule has 0 aromatic heterocycles. The van der Waals surface area contributed by atoms with Crippen LogP contribution in [0.15, 0.2) is 43.0 Å². The number of hydrogen-bond acceptors (Lipinski definition) is 1. The predicted octanol–water partition coefficient (Wildman–Crippen LogP) is -0.323. The highest BCUT2D eigenvalue weighted by atomic mass is 35.5. The van der Waals surface area contributed by atoms with Gasteiger partial charge in [0.05, 0.1) is 9.93 Å². The largest absolute Gasteiger partial charge is 1.00 e. The van der Waals surface area contributed by atoms with Crippen molar-refractivity contribution in [1.29, 1.82) is 0 Å². The van der Waals surface area contributed by atoms with Gasteiger partial charge in [0.2, 0.25) is 0 Å². The van der Waals surface area contributed by atoms with Crippen LogP contribution >= 0.6 is 0 Å². The molecule has 0 aliphatic carbocycles. The lowest BCUT2D eigenvalue weighted by Gasteiger charge is -2.11. The lowest BCUT2D eigenvalue weighted by Crippen LogP contribution is -3.00. The molecule has 0 saturated heterocycles. The summed E-state index contributed by atoms with van der Waals surface area (Å²) >= 11 is 0. The Balaban J connectivity index is 0.00000169. The van der Waals surface area contributed by atoms with Crippen LogP contribution in [-0.2, 0) is 14.1 Å². The van der Waals surface area contributed by atoms with Crippen molar-refractivity contribution < 1.29 is 16.6 Å². The minimum atomic E-state index is -1.84. The second kappa shape index (κ2) is 5.32. The Kier molecular flexibility index (Phi) is 5.09. The van der Waals surface area contributed by atoms with E-state index in [-0.39, 0.29) is 17.7 Å². The predicted molar refractivity (Wildman–Crippen MR) is 59.3 cm³/mol. The number of halogens is 1. The molecule has 0 aliphatic heterocycles. The summed E-state index contributed by atoms with van der Waals surface area (Å²) in [5.41, 5.74) is 1.08. The molecule has 0 N–H and O–H groups in total. The Bertz CT molecular complexity index is 328. The average Bonchev–Trinajstić information content (AvgIpc) is 2.05. The molecule has 0 aliphatic rings. The quantitative estimate of drug-likeness (QED) is 0.514. The first kappa shape index (κ1) is 13.4. The number of hydrogen-bond donors (Lipinski definition) is 0. The Hall–Kier alpha value is -0.600. The molecular weight excluding hydrogens is 216 g/mol. The summed E-state index contributed by atoms with van der Waals surface area (Å²) in [6.07, 6.45) is 5.30. The SMILES string of the molecule is C=CC(c1ccccc1)[S+](C)(C)=O.[Cl-]. The van der Waals surface area contributed by atoms with Gasteiger partial charge in [0.25, 0.3) is 0 Å². The van der Waals surface area contributed by atoms with Gasteiger partial charge in [-0.2, -0.15) is 0 Å². The topological polar surface area (TPSA) is 17.1 Å². The van der Waals surface area contributed by atoms with Gasteiger partial charge in [-0.3, -0.25) is 0 Å². The minimum Gasteiger partial charge on any atom is -1.00 e. The second-order valence-corrected chi connectivity index (χ2v) is 6.50. The van der Waals surface area contributed by atoms with Gasteiger partial charge in [0.15, 0.2) is 5.25 Å². The molecule has 0 saturated carbocycles. The Morgan fingerprint density at radius 2 is 1.79 bits per heavy atom. The van der Waals surface area contributed by atoms with Crippen LogP contribution in [0.3, 0.4) is 0 Å². The maximum atomic E-state index is 11.8. The highest BCUT2D eigenvalue weighted by Gasteiger charge is 2.26. The van der Waals surface area contributed by atoms with E-state index in [1.54, 1.807) is 18.6 Å². The van der Waals surface area contributed by atoms with Crippen molar-refractivity contribution in [3.8, 4) is 0 Å². The van der Waals surface area contributed by atoms with Crippen LogP contribution in [0.25, 0.3) is 0 Å². The fourth-order valence-electron chi connectivity index (χ4n) is 1.34. The van der Waals surface area contributed by atoms with Gasteiger partial charge in [-0.05, 0) is 6.08 Å². The Morgan fingerprint density at radius 3 is 2.14 bits per heavy atom. The standard InChI is InChI=1S/C11H15OS.ClH/c1-4-11(13(2,3)12)10-8-6-5-7-9-10;/h4-9,11H,1H2,2-3H3;1H/q+1;/p-1. The van der Waals surface area contributed by atoms with E-state index in [0.717, 1.165) is 5.56 Å². The van der Waals surface area contributed by atoms with Crippen molar-refractivity contribution in [2.45, 2.75) is 5.25 Å². The highest BCUT2D eigenvalue weighted by molar-refractivity contribution is 8.02. The van der Waals surface area contributed by atoms with Crippen molar-refractivity contribution in [3.05, 3.63) is 48.6 Å². The smallest absolute Gasteiger partial charge is 0.164 e. The molecule has 0 spiro atoms. The van der Waals surface area contributed by atoms with E-state index in [4.69, 9.17) is 0 Å². The monoisotopic (exact) mass is 230 g/mol. The molecule has 0 heterocycles. The molecule has 1 aromatic rings. The highest BCUT2D eigenvalue weighted by Crippen LogP contribution is 2.25. The third-order valence-corrected chi connectivity index (χ3v) is 3.64. The molecule has 1 unspecified atom stereocenters. The van der Waals surface area contributed by atoms with Gasteiger partial charge >= 0.3 is 0 Å². The molecular formula is C11H15ClOS. The molecule has 1 aromatic carbocycles. The third kappa shape index (κ3) is 3.28. The molecule has 0 bridgehead atoms. The summed E-state index contributed by atoms with van der Waals surface area (Å²) < 4.78 is 11.8. The summed E-state index contributed by atoms with van der Waals surface area (Å²) in [6, 6.07) is 9.84. The Labute approximate surface area is 93.1 Å². The van der Waals surface area contributed by atoms with Crippen LogP contribution in [0.4, 0.5) is 0 Å². The fraction of sp³-hybridized carbons (Fsp3) is 0.273. The van der Waals surface area contributed by atoms with Crippen molar-refractivity contribution >= 4 is 9.93 Å². The summed E-state index contributed by atoms with van der Waals surface area (Å²) in [5, 5.41) is -0.0336. The van der Waals surface area contributed by atoms with E-state index < -0.39 is 9.93 Å². The third-order valence-electron chi connectivity index (χ3n) is 1.95. The second-order valence-electron chi connectivity index (χ2n) is 3.38. The molecule has 14 heavy (non-hydrogen) atoms. The van der Waals surface area contributed by atoms with Crippen LogP contribution in [-0.4, -0.2) is 12.5 Å². The van der Waals surface area contributed by atoms with Crippen LogP contribution in [0, 0.1) is 0 Å². The van der Waals surface area contributed by atoms with E-state index in [1.807, 2.05) is 30.3 Å². The van der Waals surface area contributed by atoms with Crippen molar-refractivity contribution in [1.82, 2.24) is 0 Å². The first-order valence-electron chi connectivity index (χ1n) is 4.16. The van der Waals surface area contributed by atoms with Crippen LogP contribution in [0.5, 0.6) is 0 Å². The van der Waals surface area contributed by atoms with Gasteiger partial charge in [-0.15, -0.1) is 4.21 Å². The number of rotatable bonds is 3. The van der Waals surface area contributed by atoms with E-state index in [2.05, 4.69) is 6.58 Å². The molecule has 0 fully saturated rings. The summed E-state index contributed by atoms with van der Waals surface area (Å²) in [6.45, 7) is 3.72. The summed E-state index contributed by atoms with van der Waals surface area (Å²) in [5.74, 6) is 0. The van der Waals surface area contributed by atoms with Gasteiger partial charge in [-0.25, -0.2) is 0 Å². The van der Waals surface area contributed by atoms with E-state index in [9.17, 15) is 4.21 Å². The zero-order valence-corrected chi connectivity index (χ0v) is 10.0.